The first-order valence-electron chi connectivity index (χ1n) is 7.20. The molecule has 0 radical (unpaired) electrons. The van der Waals surface area contributed by atoms with Gasteiger partial charge in [-0.15, -0.1) is 0 Å². The lowest BCUT2D eigenvalue weighted by molar-refractivity contribution is 0.143. The van der Waals surface area contributed by atoms with E-state index >= 15 is 0 Å². The number of unbranched alkanes of at least 4 members (excludes halogenated alkanes) is 1. The first-order chi connectivity index (χ1) is 9.05. The van der Waals surface area contributed by atoms with Gasteiger partial charge in [0, 0.05) is 31.1 Å². The van der Waals surface area contributed by atoms with Crippen LogP contribution in [0.2, 0.25) is 0 Å². The summed E-state index contributed by atoms with van der Waals surface area (Å²) in [6.45, 7) is 12.9. The molecule has 2 N–H and O–H groups in total. The third-order valence-corrected chi connectivity index (χ3v) is 3.96. The van der Waals surface area contributed by atoms with Gasteiger partial charge < -0.3 is 15.4 Å². The maximum absolute atomic E-state index is 5.32. The predicted octanol–water partition coefficient (Wildman–Crippen LogP) is 2.50. The summed E-state index contributed by atoms with van der Waals surface area (Å²) in [4.78, 5) is 4.63. The summed E-state index contributed by atoms with van der Waals surface area (Å²) in [5.74, 6) is 0.918. The van der Waals surface area contributed by atoms with Crippen LogP contribution in [0.3, 0.4) is 0 Å². The Hall–Kier alpha value is -0.420. The SMILES string of the molecule is CCNC(=NCC(C)(C)SC)NCCCCOCC. The third kappa shape index (κ3) is 11.1. The van der Waals surface area contributed by atoms with Gasteiger partial charge >= 0.3 is 0 Å². The second-order valence-corrected chi connectivity index (χ2v) is 6.50. The van der Waals surface area contributed by atoms with Gasteiger partial charge in [-0.05, 0) is 46.8 Å². The molecule has 0 aliphatic rings. The molecule has 19 heavy (non-hydrogen) atoms. The summed E-state index contributed by atoms with van der Waals surface area (Å²) < 4.78 is 5.51. The minimum absolute atomic E-state index is 0.192. The molecule has 0 aromatic carbocycles. The maximum atomic E-state index is 5.32. The lowest BCUT2D eigenvalue weighted by Gasteiger charge is -2.20. The molecule has 5 heteroatoms. The van der Waals surface area contributed by atoms with Gasteiger partial charge in [0.2, 0.25) is 0 Å². The topological polar surface area (TPSA) is 45.7 Å². The van der Waals surface area contributed by atoms with Crippen molar-refractivity contribution in [3.8, 4) is 0 Å². The molecule has 0 saturated heterocycles. The van der Waals surface area contributed by atoms with E-state index in [0.717, 1.165) is 51.6 Å². The van der Waals surface area contributed by atoms with E-state index in [1.165, 1.54) is 0 Å². The standard InChI is InChI=1S/C14H31N3OS/c1-6-15-13(17-12-14(3,4)19-5)16-10-8-9-11-18-7-2/h6-12H2,1-5H3,(H2,15,16,17). The normalized spacial score (nSPS) is 12.6. The zero-order chi connectivity index (χ0) is 14.6. The molecular weight excluding hydrogens is 258 g/mol. The highest BCUT2D eigenvalue weighted by atomic mass is 32.2. The summed E-state index contributed by atoms with van der Waals surface area (Å²) in [5, 5.41) is 6.65. The van der Waals surface area contributed by atoms with E-state index in [4.69, 9.17) is 4.74 Å². The van der Waals surface area contributed by atoms with Crippen LogP contribution in [-0.2, 0) is 4.74 Å². The van der Waals surface area contributed by atoms with Crippen molar-refractivity contribution in [1.29, 1.82) is 0 Å². The van der Waals surface area contributed by atoms with Gasteiger partial charge in [0.15, 0.2) is 5.96 Å². The second kappa shape index (κ2) is 11.4. The quantitative estimate of drug-likeness (QED) is 0.368. The van der Waals surface area contributed by atoms with E-state index in [1.54, 1.807) is 0 Å². The van der Waals surface area contributed by atoms with Gasteiger partial charge in [-0.2, -0.15) is 11.8 Å². The van der Waals surface area contributed by atoms with Crippen LogP contribution >= 0.6 is 11.8 Å². The summed E-state index contributed by atoms with van der Waals surface area (Å²) in [6, 6.07) is 0. The minimum atomic E-state index is 0.192. The van der Waals surface area contributed by atoms with Gasteiger partial charge in [-0.3, -0.25) is 4.99 Å². The van der Waals surface area contributed by atoms with Crippen molar-refractivity contribution in [3.05, 3.63) is 0 Å². The molecule has 0 atom stereocenters. The van der Waals surface area contributed by atoms with Crippen LogP contribution in [0.4, 0.5) is 0 Å². The summed E-state index contributed by atoms with van der Waals surface area (Å²) in [5.41, 5.74) is 0. The maximum Gasteiger partial charge on any atom is 0.191 e. The number of guanidine groups is 1. The predicted molar refractivity (Wildman–Crippen MR) is 87.3 cm³/mol. The molecule has 0 rings (SSSR count). The molecule has 0 heterocycles. The number of nitrogens with one attached hydrogen (secondary N) is 2. The Morgan fingerprint density at radius 2 is 1.95 bits per heavy atom. The Bertz CT molecular complexity index is 245. The van der Waals surface area contributed by atoms with Crippen LogP contribution in [0.15, 0.2) is 4.99 Å². The molecule has 0 aromatic heterocycles. The van der Waals surface area contributed by atoms with E-state index in [-0.39, 0.29) is 4.75 Å². The number of rotatable bonds is 10. The number of aliphatic imine (C=N–C) groups is 1. The van der Waals surface area contributed by atoms with Crippen molar-refractivity contribution in [2.75, 3.05) is 39.1 Å². The van der Waals surface area contributed by atoms with Crippen molar-refractivity contribution >= 4 is 17.7 Å². The molecule has 0 unspecified atom stereocenters. The Kier molecular flexibility index (Phi) is 11.2. The number of hydrogen-bond acceptors (Lipinski definition) is 3. The summed E-state index contributed by atoms with van der Waals surface area (Å²) in [7, 11) is 0. The first kappa shape index (κ1) is 18.6. The molecule has 0 aliphatic carbocycles. The number of hydrogen-bond donors (Lipinski definition) is 2. The fourth-order valence-electron chi connectivity index (χ4n) is 1.36. The number of ether oxygens (including phenoxy) is 1. The van der Waals surface area contributed by atoms with E-state index in [2.05, 4.69) is 42.7 Å². The van der Waals surface area contributed by atoms with Crippen LogP contribution in [0.5, 0.6) is 0 Å². The van der Waals surface area contributed by atoms with E-state index in [9.17, 15) is 0 Å². The Morgan fingerprint density at radius 1 is 1.21 bits per heavy atom. The van der Waals surface area contributed by atoms with Crippen LogP contribution in [0, 0.1) is 0 Å². The van der Waals surface area contributed by atoms with E-state index in [1.807, 2.05) is 18.7 Å². The Morgan fingerprint density at radius 3 is 2.53 bits per heavy atom. The van der Waals surface area contributed by atoms with Crippen LogP contribution in [-0.4, -0.2) is 49.8 Å². The molecular formula is C14H31N3OS. The molecule has 0 bridgehead atoms. The molecule has 4 nitrogen and oxygen atoms in total. The summed E-state index contributed by atoms with van der Waals surface area (Å²) >= 11 is 1.85. The zero-order valence-corrected chi connectivity index (χ0v) is 14.0. The Balaban J connectivity index is 3.94. The van der Waals surface area contributed by atoms with Crippen molar-refractivity contribution in [2.45, 2.75) is 45.3 Å². The minimum Gasteiger partial charge on any atom is -0.382 e. The molecule has 0 amide bonds. The van der Waals surface area contributed by atoms with Crippen molar-refractivity contribution < 1.29 is 4.74 Å². The zero-order valence-electron chi connectivity index (χ0n) is 13.2. The van der Waals surface area contributed by atoms with Gasteiger partial charge in [-0.25, -0.2) is 0 Å². The lowest BCUT2D eigenvalue weighted by atomic mass is 10.2. The van der Waals surface area contributed by atoms with Crippen LogP contribution in [0.1, 0.15) is 40.5 Å². The molecule has 0 spiro atoms. The van der Waals surface area contributed by atoms with Gasteiger partial charge in [-0.1, -0.05) is 0 Å². The molecule has 0 aromatic rings. The lowest BCUT2D eigenvalue weighted by Crippen LogP contribution is -2.39. The largest absolute Gasteiger partial charge is 0.382 e. The molecule has 0 fully saturated rings. The first-order valence-corrected chi connectivity index (χ1v) is 8.43. The van der Waals surface area contributed by atoms with E-state index in [0.29, 0.717) is 0 Å². The second-order valence-electron chi connectivity index (χ2n) is 4.99. The van der Waals surface area contributed by atoms with Gasteiger partial charge in [0.25, 0.3) is 0 Å². The van der Waals surface area contributed by atoms with Crippen molar-refractivity contribution in [3.63, 3.8) is 0 Å². The monoisotopic (exact) mass is 289 g/mol. The fourth-order valence-corrected chi connectivity index (χ4v) is 1.55. The molecule has 114 valence electrons. The molecule has 0 aliphatic heterocycles. The third-order valence-electron chi connectivity index (χ3n) is 2.73. The highest BCUT2D eigenvalue weighted by molar-refractivity contribution is 7.99. The fraction of sp³-hybridized carbons (Fsp3) is 0.929. The number of nitrogens with zero attached hydrogens (tertiary/aromatic N) is 1. The van der Waals surface area contributed by atoms with E-state index < -0.39 is 0 Å². The average Bonchev–Trinajstić information content (AvgIpc) is 2.40. The summed E-state index contributed by atoms with van der Waals surface area (Å²) in [6.07, 6.45) is 4.33. The number of thioether (sulfide) groups is 1. The van der Waals surface area contributed by atoms with Gasteiger partial charge in [0.1, 0.15) is 0 Å². The van der Waals surface area contributed by atoms with Crippen LogP contribution < -0.4 is 10.6 Å². The van der Waals surface area contributed by atoms with Crippen molar-refractivity contribution in [2.24, 2.45) is 4.99 Å². The Labute approximate surface area is 123 Å². The molecule has 0 saturated carbocycles. The smallest absolute Gasteiger partial charge is 0.191 e. The van der Waals surface area contributed by atoms with Crippen molar-refractivity contribution in [1.82, 2.24) is 10.6 Å². The average molecular weight is 289 g/mol. The highest BCUT2D eigenvalue weighted by Gasteiger charge is 2.15. The highest BCUT2D eigenvalue weighted by Crippen LogP contribution is 2.20. The van der Waals surface area contributed by atoms with Crippen LogP contribution in [0.25, 0.3) is 0 Å². The van der Waals surface area contributed by atoms with Gasteiger partial charge in [0.05, 0.1) is 6.54 Å².